The lowest BCUT2D eigenvalue weighted by Gasteiger charge is -2.25. The topological polar surface area (TPSA) is 40.5 Å². The van der Waals surface area contributed by atoms with Gasteiger partial charge in [-0.25, -0.2) is 0 Å². The average molecular weight is 474 g/mol. The molecule has 1 N–H and O–H groups in total. The second-order valence-electron chi connectivity index (χ2n) is 8.00. The van der Waals surface area contributed by atoms with Crippen LogP contribution >= 0.6 is 11.3 Å². The Morgan fingerprint density at radius 2 is 1.14 bits per heavy atom. The van der Waals surface area contributed by atoms with Crippen LogP contribution in [0.25, 0.3) is 16.9 Å². The molecule has 0 saturated carbocycles. The first-order valence-corrected chi connectivity index (χ1v) is 12.2. The SMILES string of the molecule is O=C(/C=C(\O)c1ccc(-c2ccc(N(c3ccccc3)c3ccccc3)cc2)cc1)c1cccs1. The van der Waals surface area contributed by atoms with Gasteiger partial charge in [0.25, 0.3) is 0 Å². The fourth-order valence-corrected chi connectivity index (χ4v) is 4.57. The lowest BCUT2D eigenvalue weighted by Crippen LogP contribution is -2.09. The normalized spacial score (nSPS) is 11.3. The zero-order chi connectivity index (χ0) is 24.0. The molecule has 35 heavy (non-hydrogen) atoms. The van der Waals surface area contributed by atoms with E-state index in [9.17, 15) is 9.90 Å². The summed E-state index contributed by atoms with van der Waals surface area (Å²) in [6.07, 6.45) is 1.28. The molecule has 5 rings (SSSR count). The van der Waals surface area contributed by atoms with Gasteiger partial charge in [-0.15, -0.1) is 11.3 Å². The molecule has 5 aromatic rings. The van der Waals surface area contributed by atoms with Crippen LogP contribution in [0.3, 0.4) is 0 Å². The summed E-state index contributed by atoms with van der Waals surface area (Å²) in [5, 5.41) is 12.2. The second kappa shape index (κ2) is 10.2. The van der Waals surface area contributed by atoms with E-state index in [4.69, 9.17) is 0 Å². The van der Waals surface area contributed by atoms with Crippen molar-refractivity contribution in [1.82, 2.24) is 0 Å². The number of carbonyl (C=O) groups is 1. The van der Waals surface area contributed by atoms with Gasteiger partial charge in [0.2, 0.25) is 0 Å². The Kier molecular flexibility index (Phi) is 6.55. The third kappa shape index (κ3) is 5.08. The van der Waals surface area contributed by atoms with Crippen molar-refractivity contribution in [2.75, 3.05) is 4.90 Å². The maximum Gasteiger partial charge on any atom is 0.199 e. The number of para-hydroxylation sites is 2. The van der Waals surface area contributed by atoms with Gasteiger partial charge >= 0.3 is 0 Å². The fourth-order valence-electron chi connectivity index (χ4n) is 3.94. The molecule has 170 valence electrons. The third-order valence-electron chi connectivity index (χ3n) is 5.70. The number of aliphatic hydroxyl groups excluding tert-OH is 1. The van der Waals surface area contributed by atoms with Crippen molar-refractivity contribution < 1.29 is 9.90 Å². The molecule has 0 amide bonds. The van der Waals surface area contributed by atoms with Crippen molar-refractivity contribution in [1.29, 1.82) is 0 Å². The zero-order valence-corrected chi connectivity index (χ0v) is 19.7. The van der Waals surface area contributed by atoms with Gasteiger partial charge in [-0.05, 0) is 59.0 Å². The van der Waals surface area contributed by atoms with Crippen LogP contribution in [0.2, 0.25) is 0 Å². The Hall–Kier alpha value is -4.41. The first kappa shape index (κ1) is 22.4. The van der Waals surface area contributed by atoms with Crippen LogP contribution in [0.4, 0.5) is 17.1 Å². The molecule has 1 aromatic heterocycles. The molecule has 0 fully saturated rings. The number of benzene rings is 4. The summed E-state index contributed by atoms with van der Waals surface area (Å²) in [5.74, 6) is -0.231. The van der Waals surface area contributed by atoms with Crippen LogP contribution in [0.1, 0.15) is 15.2 Å². The number of anilines is 3. The second-order valence-corrected chi connectivity index (χ2v) is 8.95. The van der Waals surface area contributed by atoms with E-state index in [0.29, 0.717) is 10.4 Å². The predicted octanol–water partition coefficient (Wildman–Crippen LogP) is 8.67. The Morgan fingerprint density at radius 3 is 1.66 bits per heavy atom. The first-order chi connectivity index (χ1) is 17.2. The predicted molar refractivity (Wildman–Crippen MR) is 146 cm³/mol. The lowest BCUT2D eigenvalue weighted by atomic mass is 10.0. The van der Waals surface area contributed by atoms with Gasteiger partial charge in [0.15, 0.2) is 5.78 Å². The van der Waals surface area contributed by atoms with E-state index in [2.05, 4.69) is 53.4 Å². The standard InChI is InChI=1S/C31H23NO2S/c33-29(22-30(34)31-12-7-21-35-31)25-15-13-23(14-16-25)24-17-19-28(20-18-24)32(26-8-3-1-4-9-26)27-10-5-2-6-11-27/h1-22,33H/b29-22-. The minimum Gasteiger partial charge on any atom is -0.507 e. The maximum absolute atomic E-state index is 12.2. The fraction of sp³-hybridized carbons (Fsp3) is 0. The molecule has 0 aliphatic carbocycles. The molecule has 0 unspecified atom stereocenters. The molecule has 0 saturated heterocycles. The Labute approximate surface area is 208 Å². The molecule has 0 spiro atoms. The molecule has 0 bridgehead atoms. The van der Waals surface area contributed by atoms with Gasteiger partial charge in [-0.2, -0.15) is 0 Å². The molecular formula is C31H23NO2S. The maximum atomic E-state index is 12.2. The van der Waals surface area contributed by atoms with Gasteiger partial charge in [0.05, 0.1) is 4.88 Å². The van der Waals surface area contributed by atoms with E-state index >= 15 is 0 Å². The average Bonchev–Trinajstić information content (AvgIpc) is 3.46. The molecule has 3 nitrogen and oxygen atoms in total. The number of carbonyl (C=O) groups excluding carboxylic acids is 1. The molecule has 0 atom stereocenters. The summed E-state index contributed by atoms with van der Waals surface area (Å²) in [4.78, 5) is 15.1. The number of ketones is 1. The van der Waals surface area contributed by atoms with Gasteiger partial charge in [-0.1, -0.05) is 78.9 Å². The summed E-state index contributed by atoms with van der Waals surface area (Å²) >= 11 is 1.36. The molecule has 1 heterocycles. The summed E-state index contributed by atoms with van der Waals surface area (Å²) in [5.41, 5.74) is 5.96. The minimum atomic E-state index is -0.196. The van der Waals surface area contributed by atoms with Crippen molar-refractivity contribution in [3.05, 3.63) is 143 Å². The van der Waals surface area contributed by atoms with Crippen molar-refractivity contribution in [3.63, 3.8) is 0 Å². The van der Waals surface area contributed by atoms with Crippen LogP contribution in [0.5, 0.6) is 0 Å². The molecule has 4 aromatic carbocycles. The van der Waals surface area contributed by atoms with Crippen molar-refractivity contribution in [2.45, 2.75) is 0 Å². The van der Waals surface area contributed by atoms with E-state index in [1.54, 1.807) is 6.07 Å². The summed E-state index contributed by atoms with van der Waals surface area (Å²) < 4.78 is 0. The summed E-state index contributed by atoms with van der Waals surface area (Å²) in [6, 6.07) is 40.2. The Morgan fingerprint density at radius 1 is 0.629 bits per heavy atom. The van der Waals surface area contributed by atoms with E-state index < -0.39 is 0 Å². The highest BCUT2D eigenvalue weighted by Gasteiger charge is 2.12. The molecule has 0 aliphatic heterocycles. The van der Waals surface area contributed by atoms with Crippen molar-refractivity contribution >= 4 is 39.9 Å². The molecule has 0 radical (unpaired) electrons. The highest BCUT2D eigenvalue weighted by molar-refractivity contribution is 7.12. The van der Waals surface area contributed by atoms with Crippen molar-refractivity contribution in [3.8, 4) is 11.1 Å². The first-order valence-electron chi connectivity index (χ1n) is 11.3. The Bertz CT molecular complexity index is 1380. The highest BCUT2D eigenvalue weighted by Crippen LogP contribution is 2.35. The third-order valence-corrected chi connectivity index (χ3v) is 6.58. The van der Waals surface area contributed by atoms with Crippen LogP contribution in [0.15, 0.2) is 133 Å². The lowest BCUT2D eigenvalue weighted by molar-refractivity contribution is 0.104. The van der Waals surface area contributed by atoms with Gasteiger partial charge in [-0.3, -0.25) is 4.79 Å². The Balaban J connectivity index is 1.39. The number of hydrogen-bond acceptors (Lipinski definition) is 4. The van der Waals surface area contributed by atoms with Crippen LogP contribution in [-0.4, -0.2) is 10.9 Å². The van der Waals surface area contributed by atoms with E-state index in [1.165, 1.54) is 17.4 Å². The van der Waals surface area contributed by atoms with Crippen molar-refractivity contribution in [2.24, 2.45) is 0 Å². The number of rotatable bonds is 7. The number of aliphatic hydroxyl groups is 1. The van der Waals surface area contributed by atoms with E-state index in [1.807, 2.05) is 72.1 Å². The van der Waals surface area contributed by atoms with Gasteiger partial charge < -0.3 is 10.0 Å². The van der Waals surface area contributed by atoms with Gasteiger partial charge in [0, 0.05) is 28.7 Å². The van der Waals surface area contributed by atoms with E-state index in [-0.39, 0.29) is 11.5 Å². The molecule has 0 aliphatic rings. The van der Waals surface area contributed by atoms with Crippen LogP contribution in [-0.2, 0) is 0 Å². The molecule has 4 heteroatoms. The quantitative estimate of drug-likeness (QED) is 0.146. The highest BCUT2D eigenvalue weighted by atomic mass is 32.1. The summed E-state index contributed by atoms with van der Waals surface area (Å²) in [6.45, 7) is 0. The zero-order valence-electron chi connectivity index (χ0n) is 18.9. The molecular weight excluding hydrogens is 450 g/mol. The monoisotopic (exact) mass is 473 g/mol. The minimum absolute atomic E-state index is 0.0355. The summed E-state index contributed by atoms with van der Waals surface area (Å²) in [7, 11) is 0. The van der Waals surface area contributed by atoms with E-state index in [0.717, 1.165) is 28.2 Å². The number of nitrogens with zero attached hydrogens (tertiary/aromatic N) is 1. The largest absolute Gasteiger partial charge is 0.507 e. The number of allylic oxidation sites excluding steroid dienone is 1. The van der Waals surface area contributed by atoms with Crippen LogP contribution < -0.4 is 4.90 Å². The number of thiophene rings is 1. The van der Waals surface area contributed by atoms with Gasteiger partial charge in [0.1, 0.15) is 5.76 Å². The number of hydrogen-bond donors (Lipinski definition) is 1. The van der Waals surface area contributed by atoms with Crippen LogP contribution in [0, 0.1) is 0 Å². The smallest absolute Gasteiger partial charge is 0.199 e.